The van der Waals surface area contributed by atoms with Crippen LogP contribution in [0, 0.1) is 18.3 Å². The number of carbonyl (C=O) groups is 2. The van der Waals surface area contributed by atoms with Crippen molar-refractivity contribution in [1.82, 2.24) is 5.32 Å². The number of rotatable bonds is 13. The normalized spacial score (nSPS) is 11.7. The molecule has 0 saturated heterocycles. The molecule has 28 heavy (non-hydrogen) atoms. The van der Waals surface area contributed by atoms with Crippen LogP contribution in [0.4, 0.5) is 5.69 Å². The number of hydrogen-bond donors (Lipinski definition) is 2. The van der Waals surface area contributed by atoms with Gasteiger partial charge in [0.15, 0.2) is 0 Å². The van der Waals surface area contributed by atoms with Crippen molar-refractivity contribution in [1.29, 1.82) is 0 Å². The third-order valence-corrected chi connectivity index (χ3v) is 4.84. The average Bonchev–Trinajstić information content (AvgIpc) is 2.68. The van der Waals surface area contributed by atoms with E-state index in [-0.39, 0.29) is 17.7 Å². The number of nitrogens with one attached hydrogen (secondary N) is 2. The summed E-state index contributed by atoms with van der Waals surface area (Å²) < 4.78 is 0. The second-order valence-electron chi connectivity index (χ2n) is 7.73. The van der Waals surface area contributed by atoms with Crippen molar-refractivity contribution in [2.24, 2.45) is 5.92 Å². The van der Waals surface area contributed by atoms with Crippen LogP contribution in [-0.2, 0) is 9.59 Å². The zero-order chi connectivity index (χ0) is 20.8. The number of amides is 2. The highest BCUT2D eigenvalue weighted by atomic mass is 16.2. The molecule has 0 saturated carbocycles. The van der Waals surface area contributed by atoms with Gasteiger partial charge < -0.3 is 10.6 Å². The van der Waals surface area contributed by atoms with E-state index in [0.717, 1.165) is 18.4 Å². The lowest BCUT2D eigenvalue weighted by atomic mass is 10.0. The fourth-order valence-electron chi connectivity index (χ4n) is 3.07. The molecule has 1 rings (SSSR count). The minimum Gasteiger partial charge on any atom is -0.344 e. The summed E-state index contributed by atoms with van der Waals surface area (Å²) in [5, 5.41) is 5.75. The van der Waals surface area contributed by atoms with E-state index in [4.69, 9.17) is 6.42 Å². The van der Waals surface area contributed by atoms with Crippen molar-refractivity contribution in [3.05, 3.63) is 29.8 Å². The van der Waals surface area contributed by atoms with Crippen molar-refractivity contribution in [3.8, 4) is 12.3 Å². The molecule has 4 nitrogen and oxygen atoms in total. The fraction of sp³-hybridized carbons (Fsp3) is 0.583. The second-order valence-corrected chi connectivity index (χ2v) is 7.73. The SMILES string of the molecule is C#Cc1ccc(NC(=O)[C@@H](NC(=O)CCCCCCCCCC)C(C)C)cc1. The van der Waals surface area contributed by atoms with Gasteiger partial charge in [0.2, 0.25) is 11.8 Å². The van der Waals surface area contributed by atoms with Crippen molar-refractivity contribution in [2.45, 2.75) is 84.6 Å². The molecule has 0 aliphatic rings. The van der Waals surface area contributed by atoms with E-state index >= 15 is 0 Å². The van der Waals surface area contributed by atoms with Crippen LogP contribution >= 0.6 is 0 Å². The second kappa shape index (κ2) is 13.8. The van der Waals surface area contributed by atoms with Crippen LogP contribution in [0.5, 0.6) is 0 Å². The quantitative estimate of drug-likeness (QED) is 0.359. The highest BCUT2D eigenvalue weighted by Gasteiger charge is 2.24. The van der Waals surface area contributed by atoms with Crippen LogP contribution in [0.25, 0.3) is 0 Å². The Hall–Kier alpha value is -2.28. The van der Waals surface area contributed by atoms with Gasteiger partial charge in [0.25, 0.3) is 0 Å². The number of anilines is 1. The van der Waals surface area contributed by atoms with Crippen molar-refractivity contribution >= 4 is 17.5 Å². The molecule has 0 radical (unpaired) electrons. The Balaban J connectivity index is 2.36. The minimum absolute atomic E-state index is 0.00694. The van der Waals surface area contributed by atoms with Crippen molar-refractivity contribution < 1.29 is 9.59 Å². The first-order valence-electron chi connectivity index (χ1n) is 10.6. The van der Waals surface area contributed by atoms with E-state index in [1.54, 1.807) is 24.3 Å². The topological polar surface area (TPSA) is 58.2 Å². The molecule has 0 unspecified atom stereocenters. The molecule has 2 N–H and O–H groups in total. The molecule has 154 valence electrons. The lowest BCUT2D eigenvalue weighted by molar-refractivity contribution is -0.127. The summed E-state index contributed by atoms with van der Waals surface area (Å²) in [7, 11) is 0. The fourth-order valence-corrected chi connectivity index (χ4v) is 3.07. The standard InChI is InChI=1S/C24H36N2O2/c1-5-7-8-9-10-11-12-13-14-22(27)26-23(19(3)4)24(28)25-21-17-15-20(6-2)16-18-21/h2,15-19,23H,5,7-14H2,1,3-4H3,(H,25,28)(H,26,27)/t23-/m0/s1. The first kappa shape index (κ1) is 23.8. The Morgan fingerprint density at radius 3 is 2.07 bits per heavy atom. The molecular formula is C24H36N2O2. The Morgan fingerprint density at radius 1 is 0.964 bits per heavy atom. The van der Waals surface area contributed by atoms with Crippen LogP contribution in [-0.4, -0.2) is 17.9 Å². The molecule has 0 fully saturated rings. The first-order chi connectivity index (χ1) is 13.5. The minimum atomic E-state index is -0.547. The maximum absolute atomic E-state index is 12.6. The molecule has 0 bridgehead atoms. The molecular weight excluding hydrogens is 348 g/mol. The summed E-state index contributed by atoms with van der Waals surface area (Å²) in [6.07, 6.45) is 15.4. The Morgan fingerprint density at radius 2 is 1.54 bits per heavy atom. The summed E-state index contributed by atoms with van der Waals surface area (Å²) in [6, 6.07) is 6.55. The number of hydrogen-bond acceptors (Lipinski definition) is 2. The lowest BCUT2D eigenvalue weighted by Crippen LogP contribution is -2.47. The Labute approximate surface area is 170 Å². The van der Waals surface area contributed by atoms with Crippen LogP contribution in [0.15, 0.2) is 24.3 Å². The highest BCUT2D eigenvalue weighted by molar-refractivity contribution is 5.97. The molecule has 2 amide bonds. The van der Waals surface area contributed by atoms with Gasteiger partial charge in [0, 0.05) is 17.7 Å². The van der Waals surface area contributed by atoms with E-state index < -0.39 is 6.04 Å². The monoisotopic (exact) mass is 384 g/mol. The van der Waals surface area contributed by atoms with Gasteiger partial charge in [-0.25, -0.2) is 0 Å². The molecule has 1 aromatic carbocycles. The summed E-state index contributed by atoms with van der Waals surface area (Å²) >= 11 is 0. The number of unbranched alkanes of at least 4 members (excludes halogenated alkanes) is 7. The smallest absolute Gasteiger partial charge is 0.247 e. The van der Waals surface area contributed by atoms with E-state index in [0.29, 0.717) is 12.1 Å². The van der Waals surface area contributed by atoms with E-state index in [2.05, 4.69) is 23.5 Å². The maximum Gasteiger partial charge on any atom is 0.247 e. The van der Waals surface area contributed by atoms with Crippen molar-refractivity contribution in [2.75, 3.05) is 5.32 Å². The summed E-state index contributed by atoms with van der Waals surface area (Å²) in [4.78, 5) is 24.8. The lowest BCUT2D eigenvalue weighted by Gasteiger charge is -2.22. The molecule has 0 heterocycles. The molecule has 4 heteroatoms. The summed E-state index contributed by atoms with van der Waals surface area (Å²) in [5.74, 6) is 2.30. The third kappa shape index (κ3) is 9.60. The predicted molar refractivity (Wildman–Crippen MR) is 117 cm³/mol. The van der Waals surface area contributed by atoms with Gasteiger partial charge in [-0.15, -0.1) is 6.42 Å². The zero-order valence-corrected chi connectivity index (χ0v) is 17.7. The zero-order valence-electron chi connectivity index (χ0n) is 17.7. The molecule has 1 atom stereocenters. The third-order valence-electron chi connectivity index (χ3n) is 4.84. The van der Waals surface area contributed by atoms with Gasteiger partial charge in [-0.05, 0) is 36.6 Å². The van der Waals surface area contributed by atoms with Crippen LogP contribution in [0.2, 0.25) is 0 Å². The van der Waals surface area contributed by atoms with Crippen LogP contribution in [0.3, 0.4) is 0 Å². The Kier molecular flexibility index (Phi) is 11.7. The van der Waals surface area contributed by atoms with Gasteiger partial charge >= 0.3 is 0 Å². The van der Waals surface area contributed by atoms with Crippen LogP contribution in [0.1, 0.15) is 84.1 Å². The van der Waals surface area contributed by atoms with Gasteiger partial charge in [-0.2, -0.15) is 0 Å². The number of carbonyl (C=O) groups excluding carboxylic acids is 2. The van der Waals surface area contributed by atoms with E-state index in [1.165, 1.54) is 38.5 Å². The highest BCUT2D eigenvalue weighted by Crippen LogP contribution is 2.13. The molecule has 1 aromatic rings. The number of benzene rings is 1. The van der Waals surface area contributed by atoms with Gasteiger partial charge in [0.1, 0.15) is 6.04 Å². The molecule has 0 aliphatic carbocycles. The number of terminal acetylenes is 1. The largest absolute Gasteiger partial charge is 0.344 e. The Bertz CT molecular complexity index is 629. The van der Waals surface area contributed by atoms with E-state index in [9.17, 15) is 9.59 Å². The van der Waals surface area contributed by atoms with Crippen molar-refractivity contribution in [3.63, 3.8) is 0 Å². The van der Waals surface area contributed by atoms with E-state index in [1.807, 2.05) is 13.8 Å². The molecule has 0 spiro atoms. The summed E-state index contributed by atoms with van der Waals surface area (Å²) in [6.45, 7) is 6.09. The average molecular weight is 385 g/mol. The van der Waals surface area contributed by atoms with Crippen LogP contribution < -0.4 is 10.6 Å². The molecule has 0 aliphatic heterocycles. The van der Waals surface area contributed by atoms with Gasteiger partial charge in [-0.1, -0.05) is 71.6 Å². The predicted octanol–water partition coefficient (Wildman–Crippen LogP) is 5.28. The first-order valence-corrected chi connectivity index (χ1v) is 10.6. The molecule has 0 aromatic heterocycles. The summed E-state index contributed by atoms with van der Waals surface area (Å²) in [5.41, 5.74) is 1.43. The van der Waals surface area contributed by atoms with Gasteiger partial charge in [0.05, 0.1) is 0 Å². The van der Waals surface area contributed by atoms with Gasteiger partial charge in [-0.3, -0.25) is 9.59 Å². The maximum atomic E-state index is 12.6.